The van der Waals surface area contributed by atoms with Crippen LogP contribution in [-0.4, -0.2) is 16.4 Å². The molecular formula is C17H20FNOS2. The molecule has 2 nitrogen and oxygen atoms in total. The molecule has 0 radical (unpaired) electrons. The van der Waals surface area contributed by atoms with E-state index >= 15 is 0 Å². The summed E-state index contributed by atoms with van der Waals surface area (Å²) in [5.74, 6) is 0.123. The standard InChI is InChI=1S/C17H20FNOS2/c1-17(2,3)22-11-15(20)19-16(14-5-4-10-21-14)12-6-8-13(18)9-7-12/h4-10,16H,11H2,1-3H3,(H,19,20). The summed E-state index contributed by atoms with van der Waals surface area (Å²) >= 11 is 3.19. The highest BCUT2D eigenvalue weighted by molar-refractivity contribution is 8.01. The Labute approximate surface area is 139 Å². The van der Waals surface area contributed by atoms with Gasteiger partial charge in [-0.1, -0.05) is 39.0 Å². The first-order valence-corrected chi connectivity index (χ1v) is 8.94. The number of carbonyl (C=O) groups excluding carboxylic acids is 1. The molecular weight excluding hydrogens is 317 g/mol. The Kier molecular flexibility index (Phi) is 5.64. The van der Waals surface area contributed by atoms with Crippen molar-refractivity contribution in [3.05, 3.63) is 58.0 Å². The monoisotopic (exact) mass is 337 g/mol. The van der Waals surface area contributed by atoms with Gasteiger partial charge in [-0.25, -0.2) is 4.39 Å². The van der Waals surface area contributed by atoms with Gasteiger partial charge in [0.25, 0.3) is 0 Å². The minimum absolute atomic E-state index is 0.0114. The van der Waals surface area contributed by atoms with E-state index < -0.39 is 0 Å². The first-order chi connectivity index (χ1) is 10.3. The maximum absolute atomic E-state index is 13.1. The third-order valence-electron chi connectivity index (χ3n) is 2.97. The number of hydrogen-bond acceptors (Lipinski definition) is 3. The van der Waals surface area contributed by atoms with Crippen LogP contribution in [0, 0.1) is 5.82 Å². The van der Waals surface area contributed by atoms with Gasteiger partial charge in [0, 0.05) is 9.62 Å². The van der Waals surface area contributed by atoms with Crippen LogP contribution in [-0.2, 0) is 4.79 Å². The zero-order valence-corrected chi connectivity index (χ0v) is 14.6. The zero-order valence-electron chi connectivity index (χ0n) is 12.9. The Morgan fingerprint density at radius 3 is 2.50 bits per heavy atom. The Morgan fingerprint density at radius 1 is 1.27 bits per heavy atom. The summed E-state index contributed by atoms with van der Waals surface area (Å²) in [5.41, 5.74) is 0.887. The summed E-state index contributed by atoms with van der Waals surface area (Å²) in [6.45, 7) is 6.25. The second-order valence-corrected chi connectivity index (χ2v) is 8.75. The SMILES string of the molecule is CC(C)(C)SCC(=O)NC(c1ccc(F)cc1)c1cccs1. The number of nitrogens with one attached hydrogen (secondary N) is 1. The van der Waals surface area contributed by atoms with E-state index in [4.69, 9.17) is 0 Å². The van der Waals surface area contributed by atoms with Crippen molar-refractivity contribution in [3.63, 3.8) is 0 Å². The molecule has 1 unspecified atom stereocenters. The predicted octanol–water partition coefficient (Wildman–Crippen LogP) is 4.62. The van der Waals surface area contributed by atoms with Crippen molar-refractivity contribution in [2.24, 2.45) is 0 Å². The van der Waals surface area contributed by atoms with Gasteiger partial charge in [0.15, 0.2) is 0 Å². The van der Waals surface area contributed by atoms with Crippen molar-refractivity contribution in [1.29, 1.82) is 0 Å². The molecule has 2 rings (SSSR count). The van der Waals surface area contributed by atoms with Crippen LogP contribution in [0.4, 0.5) is 4.39 Å². The summed E-state index contributed by atoms with van der Waals surface area (Å²) in [5, 5.41) is 5.03. The van der Waals surface area contributed by atoms with Gasteiger partial charge in [0.05, 0.1) is 11.8 Å². The Hall–Kier alpha value is -1.33. The molecule has 0 aliphatic heterocycles. The highest BCUT2D eigenvalue weighted by Crippen LogP contribution is 2.27. The molecule has 0 spiro atoms. The lowest BCUT2D eigenvalue weighted by Gasteiger charge is -2.21. The second kappa shape index (κ2) is 7.29. The van der Waals surface area contributed by atoms with Crippen LogP contribution in [0.3, 0.4) is 0 Å². The van der Waals surface area contributed by atoms with E-state index in [1.54, 1.807) is 35.2 Å². The van der Waals surface area contributed by atoms with Gasteiger partial charge in [-0.3, -0.25) is 4.79 Å². The largest absolute Gasteiger partial charge is 0.344 e. The molecule has 0 aliphatic rings. The number of amides is 1. The molecule has 0 saturated carbocycles. The van der Waals surface area contributed by atoms with Crippen molar-refractivity contribution in [1.82, 2.24) is 5.32 Å². The van der Waals surface area contributed by atoms with Crippen LogP contribution in [0.25, 0.3) is 0 Å². The summed E-state index contributed by atoms with van der Waals surface area (Å²) in [4.78, 5) is 13.3. The van der Waals surface area contributed by atoms with Crippen LogP contribution < -0.4 is 5.32 Å². The Balaban J connectivity index is 2.12. The van der Waals surface area contributed by atoms with E-state index in [0.717, 1.165) is 10.4 Å². The smallest absolute Gasteiger partial charge is 0.230 e. The predicted molar refractivity (Wildman–Crippen MR) is 92.9 cm³/mol. The average molecular weight is 337 g/mol. The maximum Gasteiger partial charge on any atom is 0.230 e. The number of thiophene rings is 1. The fourth-order valence-corrected chi connectivity index (χ4v) is 3.36. The van der Waals surface area contributed by atoms with Crippen molar-refractivity contribution >= 4 is 29.0 Å². The van der Waals surface area contributed by atoms with Gasteiger partial charge < -0.3 is 5.32 Å². The summed E-state index contributed by atoms with van der Waals surface area (Å²) in [6.07, 6.45) is 0. The van der Waals surface area contributed by atoms with Crippen LogP contribution >= 0.6 is 23.1 Å². The van der Waals surface area contributed by atoms with Crippen molar-refractivity contribution in [2.75, 3.05) is 5.75 Å². The first kappa shape index (κ1) is 17.0. The molecule has 1 aromatic heterocycles. The van der Waals surface area contributed by atoms with E-state index in [0.29, 0.717) is 5.75 Å². The normalized spacial score (nSPS) is 12.9. The number of benzene rings is 1. The van der Waals surface area contributed by atoms with E-state index in [-0.39, 0.29) is 22.5 Å². The topological polar surface area (TPSA) is 29.1 Å². The molecule has 118 valence electrons. The lowest BCUT2D eigenvalue weighted by molar-refractivity contribution is -0.119. The third kappa shape index (κ3) is 5.14. The number of carbonyl (C=O) groups is 1. The van der Waals surface area contributed by atoms with Gasteiger partial charge in [0.1, 0.15) is 5.82 Å². The number of rotatable bonds is 5. The molecule has 0 bridgehead atoms. The van der Waals surface area contributed by atoms with Crippen LogP contribution in [0.2, 0.25) is 0 Å². The van der Waals surface area contributed by atoms with E-state index in [9.17, 15) is 9.18 Å². The summed E-state index contributed by atoms with van der Waals surface area (Å²) < 4.78 is 13.2. The molecule has 2 aromatic rings. The van der Waals surface area contributed by atoms with Gasteiger partial charge in [-0.05, 0) is 29.1 Å². The molecule has 1 atom stereocenters. The van der Waals surface area contributed by atoms with Gasteiger partial charge >= 0.3 is 0 Å². The summed E-state index contributed by atoms with van der Waals surface area (Å²) in [6, 6.07) is 9.99. The number of halogens is 1. The first-order valence-electron chi connectivity index (χ1n) is 7.07. The van der Waals surface area contributed by atoms with Crippen molar-refractivity contribution < 1.29 is 9.18 Å². The van der Waals surface area contributed by atoms with E-state index in [2.05, 4.69) is 26.1 Å². The molecule has 0 fully saturated rings. The van der Waals surface area contributed by atoms with Crippen LogP contribution in [0.5, 0.6) is 0 Å². The number of thioether (sulfide) groups is 1. The average Bonchev–Trinajstić information content (AvgIpc) is 2.97. The highest BCUT2D eigenvalue weighted by atomic mass is 32.2. The molecule has 1 aromatic carbocycles. The lowest BCUT2D eigenvalue weighted by Crippen LogP contribution is -2.31. The highest BCUT2D eigenvalue weighted by Gasteiger charge is 2.20. The molecule has 0 aliphatic carbocycles. The Morgan fingerprint density at radius 2 is 1.95 bits per heavy atom. The van der Waals surface area contributed by atoms with Crippen LogP contribution in [0.1, 0.15) is 37.3 Å². The molecule has 1 N–H and O–H groups in total. The third-order valence-corrected chi connectivity index (χ3v) is 5.18. The molecule has 5 heteroatoms. The quantitative estimate of drug-likeness (QED) is 0.862. The van der Waals surface area contributed by atoms with Crippen molar-refractivity contribution in [2.45, 2.75) is 31.6 Å². The second-order valence-electron chi connectivity index (χ2n) is 5.97. The fraction of sp³-hybridized carbons (Fsp3) is 0.353. The molecule has 22 heavy (non-hydrogen) atoms. The summed E-state index contributed by atoms with van der Waals surface area (Å²) in [7, 11) is 0. The molecule has 1 amide bonds. The number of hydrogen-bond donors (Lipinski definition) is 1. The maximum atomic E-state index is 13.1. The van der Waals surface area contributed by atoms with E-state index in [1.165, 1.54) is 12.1 Å². The zero-order chi connectivity index (χ0) is 16.2. The minimum Gasteiger partial charge on any atom is -0.344 e. The van der Waals surface area contributed by atoms with Crippen LogP contribution in [0.15, 0.2) is 41.8 Å². The van der Waals surface area contributed by atoms with Crippen molar-refractivity contribution in [3.8, 4) is 0 Å². The van der Waals surface area contributed by atoms with E-state index in [1.807, 2.05) is 17.5 Å². The minimum atomic E-state index is -0.275. The Bertz CT molecular complexity index is 603. The molecule has 1 heterocycles. The lowest BCUT2D eigenvalue weighted by atomic mass is 10.1. The fourth-order valence-electron chi connectivity index (χ4n) is 1.91. The van der Waals surface area contributed by atoms with Gasteiger partial charge in [-0.2, -0.15) is 0 Å². The van der Waals surface area contributed by atoms with Gasteiger partial charge in [0.2, 0.25) is 5.91 Å². The molecule has 0 saturated heterocycles. The van der Waals surface area contributed by atoms with Gasteiger partial charge in [-0.15, -0.1) is 23.1 Å².